The molecule has 2 fully saturated rings. The van der Waals surface area contributed by atoms with Crippen molar-refractivity contribution in [3.63, 3.8) is 0 Å². The molecule has 2 aromatic heterocycles. The number of rotatable bonds is 7. The van der Waals surface area contributed by atoms with Gasteiger partial charge in [-0.3, -0.25) is 19.6 Å². The largest absolute Gasteiger partial charge is 0.353 e. The SMILES string of the molecule is Cc1nc2cc([C@@H]3CCN(Cc4cccc(F)c4)C3)[nH]n2c(=O)c1CCC(=O)NC1CC1. The molecule has 0 unspecified atom stereocenters. The molecule has 5 rings (SSSR count). The van der Waals surface area contributed by atoms with Gasteiger partial charge in [-0.2, -0.15) is 0 Å². The van der Waals surface area contributed by atoms with Crippen LogP contribution >= 0.6 is 0 Å². The molecule has 1 aromatic carbocycles. The minimum absolute atomic E-state index is 0.00656. The van der Waals surface area contributed by atoms with Crippen LogP contribution in [0.15, 0.2) is 35.1 Å². The Kier molecular flexibility index (Phi) is 5.55. The number of benzene rings is 1. The fraction of sp³-hybridized carbons (Fsp3) is 0.458. The first kappa shape index (κ1) is 20.9. The van der Waals surface area contributed by atoms with Crippen LogP contribution in [0.1, 0.15) is 54.1 Å². The van der Waals surface area contributed by atoms with E-state index in [1.165, 1.54) is 10.6 Å². The summed E-state index contributed by atoms with van der Waals surface area (Å²) in [7, 11) is 0. The van der Waals surface area contributed by atoms with Gasteiger partial charge in [-0.15, -0.1) is 0 Å². The lowest BCUT2D eigenvalue weighted by molar-refractivity contribution is -0.121. The third-order valence-electron chi connectivity index (χ3n) is 6.49. The van der Waals surface area contributed by atoms with E-state index in [1.807, 2.05) is 19.1 Å². The topological polar surface area (TPSA) is 82.5 Å². The van der Waals surface area contributed by atoms with Crippen LogP contribution in [0, 0.1) is 12.7 Å². The highest BCUT2D eigenvalue weighted by atomic mass is 19.1. The van der Waals surface area contributed by atoms with Gasteiger partial charge in [0.15, 0.2) is 5.65 Å². The highest BCUT2D eigenvalue weighted by Gasteiger charge is 2.27. The van der Waals surface area contributed by atoms with Crippen LogP contribution in [-0.2, 0) is 17.8 Å². The van der Waals surface area contributed by atoms with E-state index in [4.69, 9.17) is 0 Å². The average Bonchev–Trinajstić information content (AvgIpc) is 3.26. The van der Waals surface area contributed by atoms with Crippen molar-refractivity contribution >= 4 is 11.6 Å². The number of hydrogen-bond donors (Lipinski definition) is 2. The van der Waals surface area contributed by atoms with Crippen molar-refractivity contribution in [2.75, 3.05) is 13.1 Å². The van der Waals surface area contributed by atoms with Crippen LogP contribution in [0.2, 0.25) is 0 Å². The van der Waals surface area contributed by atoms with E-state index in [0.717, 1.165) is 43.6 Å². The van der Waals surface area contributed by atoms with Gasteiger partial charge >= 0.3 is 0 Å². The standard InChI is InChI=1S/C24H28FN5O2/c1-15-20(7-8-23(31)27-19-5-6-19)24(32)30-22(26-15)12-21(28-30)17-9-10-29(14-17)13-16-3-2-4-18(25)11-16/h2-4,11-12,17,19,28H,5-10,13-14H2,1H3,(H,27,31)/t17-/m1/s1. The maximum Gasteiger partial charge on any atom is 0.276 e. The molecule has 1 amide bonds. The molecular formula is C24H28FN5O2. The number of H-pyrrole nitrogens is 1. The van der Waals surface area contributed by atoms with Gasteiger partial charge in [-0.05, 0) is 56.8 Å². The lowest BCUT2D eigenvalue weighted by Gasteiger charge is -2.15. The lowest BCUT2D eigenvalue weighted by atomic mass is 10.1. The third-order valence-corrected chi connectivity index (χ3v) is 6.49. The number of nitrogens with zero attached hydrogens (tertiary/aromatic N) is 3. The predicted octanol–water partition coefficient (Wildman–Crippen LogP) is 2.67. The molecule has 8 heteroatoms. The molecule has 0 bridgehead atoms. The molecular weight excluding hydrogens is 409 g/mol. The van der Waals surface area contributed by atoms with Crippen LogP contribution in [0.3, 0.4) is 0 Å². The zero-order chi connectivity index (χ0) is 22.2. The van der Waals surface area contributed by atoms with Crippen LogP contribution < -0.4 is 10.9 Å². The molecule has 0 radical (unpaired) electrons. The Morgan fingerprint density at radius 3 is 2.91 bits per heavy atom. The normalized spacial score (nSPS) is 19.0. The molecule has 3 heterocycles. The van der Waals surface area contributed by atoms with Crippen molar-refractivity contribution in [3.8, 4) is 0 Å². The second-order valence-corrected chi connectivity index (χ2v) is 9.08. The summed E-state index contributed by atoms with van der Waals surface area (Å²) in [6.45, 7) is 4.29. The molecule has 2 aliphatic rings. The maximum absolute atomic E-state index is 13.5. The van der Waals surface area contributed by atoms with E-state index in [-0.39, 0.29) is 23.2 Å². The number of halogens is 1. The molecule has 1 atom stereocenters. The van der Waals surface area contributed by atoms with E-state index in [9.17, 15) is 14.0 Å². The Labute approximate surface area is 185 Å². The van der Waals surface area contributed by atoms with Crippen molar-refractivity contribution in [1.82, 2.24) is 24.8 Å². The molecule has 1 saturated carbocycles. The number of likely N-dealkylation sites (tertiary alicyclic amines) is 1. The Morgan fingerprint density at radius 1 is 1.28 bits per heavy atom. The van der Waals surface area contributed by atoms with Gasteiger partial charge in [-0.25, -0.2) is 13.9 Å². The molecule has 2 N–H and O–H groups in total. The summed E-state index contributed by atoms with van der Waals surface area (Å²) < 4.78 is 15.0. The number of nitrogens with one attached hydrogen (secondary N) is 2. The molecule has 168 valence electrons. The van der Waals surface area contributed by atoms with Gasteiger partial charge in [0.2, 0.25) is 5.91 Å². The number of fused-ring (bicyclic) bond motifs is 1. The first-order valence-corrected chi connectivity index (χ1v) is 11.3. The van der Waals surface area contributed by atoms with Gasteiger partial charge in [0.1, 0.15) is 5.82 Å². The van der Waals surface area contributed by atoms with E-state index in [1.54, 1.807) is 12.1 Å². The quantitative estimate of drug-likeness (QED) is 0.595. The van der Waals surface area contributed by atoms with E-state index in [2.05, 4.69) is 20.3 Å². The molecule has 1 aliphatic heterocycles. The Bertz CT molecular complexity index is 1210. The predicted molar refractivity (Wildman–Crippen MR) is 119 cm³/mol. The summed E-state index contributed by atoms with van der Waals surface area (Å²) in [5.41, 5.74) is 3.69. The first-order valence-electron chi connectivity index (χ1n) is 11.3. The number of amides is 1. The van der Waals surface area contributed by atoms with E-state index < -0.39 is 0 Å². The van der Waals surface area contributed by atoms with E-state index in [0.29, 0.717) is 42.3 Å². The first-order chi connectivity index (χ1) is 15.5. The zero-order valence-corrected chi connectivity index (χ0v) is 18.2. The summed E-state index contributed by atoms with van der Waals surface area (Å²) >= 11 is 0. The molecule has 3 aromatic rings. The Morgan fingerprint density at radius 2 is 2.12 bits per heavy atom. The van der Waals surface area contributed by atoms with Crippen molar-refractivity contribution < 1.29 is 9.18 Å². The molecule has 32 heavy (non-hydrogen) atoms. The Hall–Kier alpha value is -3.00. The van der Waals surface area contributed by atoms with Gasteiger partial charge in [0, 0.05) is 54.5 Å². The van der Waals surface area contributed by atoms with Gasteiger partial charge in [0.25, 0.3) is 5.56 Å². The molecule has 7 nitrogen and oxygen atoms in total. The second kappa shape index (κ2) is 8.50. The smallest absolute Gasteiger partial charge is 0.276 e. The summed E-state index contributed by atoms with van der Waals surface area (Å²) in [6.07, 6.45) is 3.74. The number of aromatic amines is 1. The third kappa shape index (κ3) is 4.46. The van der Waals surface area contributed by atoms with Crippen LogP contribution in [0.4, 0.5) is 4.39 Å². The summed E-state index contributed by atoms with van der Waals surface area (Å²) in [5, 5.41) is 6.22. The van der Waals surface area contributed by atoms with Crippen LogP contribution in [0.25, 0.3) is 5.65 Å². The van der Waals surface area contributed by atoms with Crippen molar-refractivity contribution in [3.05, 3.63) is 69.0 Å². The summed E-state index contributed by atoms with van der Waals surface area (Å²) in [6, 6.07) is 9.00. The highest BCUT2D eigenvalue weighted by Crippen LogP contribution is 2.28. The minimum atomic E-state index is -0.212. The lowest BCUT2D eigenvalue weighted by Crippen LogP contribution is -2.28. The fourth-order valence-electron chi connectivity index (χ4n) is 4.58. The summed E-state index contributed by atoms with van der Waals surface area (Å²) in [5.74, 6) is 0.0427. The maximum atomic E-state index is 13.5. The average molecular weight is 438 g/mol. The van der Waals surface area contributed by atoms with Gasteiger partial charge < -0.3 is 5.32 Å². The number of hydrogen-bond acceptors (Lipinski definition) is 4. The zero-order valence-electron chi connectivity index (χ0n) is 18.2. The number of aromatic nitrogens is 3. The summed E-state index contributed by atoms with van der Waals surface area (Å²) in [4.78, 5) is 32.0. The van der Waals surface area contributed by atoms with Crippen molar-refractivity contribution in [1.29, 1.82) is 0 Å². The fourth-order valence-corrected chi connectivity index (χ4v) is 4.58. The number of carbonyl (C=O) groups is 1. The van der Waals surface area contributed by atoms with Crippen molar-refractivity contribution in [2.45, 2.75) is 57.5 Å². The van der Waals surface area contributed by atoms with Gasteiger partial charge in [0.05, 0.1) is 0 Å². The number of aryl methyl sites for hydroxylation is 1. The molecule has 1 saturated heterocycles. The second-order valence-electron chi connectivity index (χ2n) is 9.08. The van der Waals surface area contributed by atoms with E-state index >= 15 is 0 Å². The monoisotopic (exact) mass is 437 g/mol. The molecule has 1 aliphatic carbocycles. The minimum Gasteiger partial charge on any atom is -0.353 e. The molecule has 0 spiro atoms. The van der Waals surface area contributed by atoms with Crippen LogP contribution in [0.5, 0.6) is 0 Å². The van der Waals surface area contributed by atoms with Crippen LogP contribution in [-0.4, -0.2) is 44.5 Å². The van der Waals surface area contributed by atoms with Gasteiger partial charge in [-0.1, -0.05) is 12.1 Å². The Balaban J connectivity index is 1.29. The van der Waals surface area contributed by atoms with Crippen molar-refractivity contribution in [2.24, 2.45) is 0 Å². The number of carbonyl (C=O) groups excluding carboxylic acids is 1. The highest BCUT2D eigenvalue weighted by molar-refractivity contribution is 5.76.